The number of nitrogens with one attached hydrogen (secondary N) is 2. The molecule has 0 radical (unpaired) electrons. The minimum absolute atomic E-state index is 0. The molecule has 9 nitrogen and oxygen atoms in total. The Balaban J connectivity index is 0.00000405. The Morgan fingerprint density at radius 1 is 0.667 bits per heavy atom. The third kappa shape index (κ3) is 7.05. The summed E-state index contributed by atoms with van der Waals surface area (Å²) in [5, 5.41) is 0. The predicted octanol–water partition coefficient (Wildman–Crippen LogP) is 7.34. The lowest BCUT2D eigenvalue weighted by Gasteiger charge is -2.15. The van der Waals surface area contributed by atoms with E-state index in [0.717, 1.165) is 22.5 Å². The van der Waals surface area contributed by atoms with E-state index in [1.165, 1.54) is 0 Å². The number of hydrogen-bond acceptors (Lipinski definition) is 5. The molecule has 5 rings (SSSR count). The molecule has 0 unspecified atom stereocenters. The first-order valence-electron chi connectivity index (χ1n) is 13.4. The highest BCUT2D eigenvalue weighted by Crippen LogP contribution is 2.40. The number of halogens is 1. The molecule has 0 aliphatic rings. The van der Waals surface area contributed by atoms with Gasteiger partial charge in [-0.25, -0.2) is 9.98 Å². The minimum atomic E-state index is -0.0549. The van der Waals surface area contributed by atoms with Gasteiger partial charge >= 0.3 is 0 Å². The fourth-order valence-electron chi connectivity index (χ4n) is 4.28. The maximum absolute atomic E-state index is 6.37. The maximum Gasteiger partial charge on any atom is 0.147 e. The lowest BCUT2D eigenvalue weighted by Crippen LogP contribution is -2.13. The summed E-state index contributed by atoms with van der Waals surface area (Å²) in [6, 6.07) is 22.7. The van der Waals surface area contributed by atoms with Crippen molar-refractivity contribution in [2.75, 3.05) is 0 Å². The van der Waals surface area contributed by atoms with E-state index in [9.17, 15) is 0 Å². The van der Waals surface area contributed by atoms with Gasteiger partial charge in [0.1, 0.15) is 34.7 Å². The second kappa shape index (κ2) is 13.2. The molecule has 0 saturated heterocycles. The Labute approximate surface area is 251 Å². The van der Waals surface area contributed by atoms with Crippen molar-refractivity contribution in [1.29, 1.82) is 0 Å². The Bertz CT molecular complexity index is 1550. The molecule has 2 aromatic carbocycles. The first-order chi connectivity index (χ1) is 19.8. The standard InChI is InChI=1S/C32H34N6O3.ClH/c1-19(2)39-29-17-21(37-31(33)25-7-5-15-35-25)9-11-23(29)27-13-14-28(41-27)24-12-10-22(18-30(24)40-20(3)4)38-32(34)26-8-6-16-36-26;/h5-20,35-36H,1-4H3,(H2,33,37)(H2,34,38);1H. The zero-order valence-corrected chi connectivity index (χ0v) is 24.7. The largest absolute Gasteiger partial charge is 0.490 e. The van der Waals surface area contributed by atoms with Crippen LogP contribution in [0.4, 0.5) is 11.4 Å². The van der Waals surface area contributed by atoms with E-state index >= 15 is 0 Å². The average Bonchev–Trinajstić information content (AvgIpc) is 3.72. The summed E-state index contributed by atoms with van der Waals surface area (Å²) in [5.41, 5.74) is 16.8. The molecule has 218 valence electrons. The van der Waals surface area contributed by atoms with Crippen LogP contribution in [-0.2, 0) is 0 Å². The number of ether oxygens (including phenoxy) is 2. The maximum atomic E-state index is 6.37. The van der Waals surface area contributed by atoms with Crippen LogP contribution in [-0.4, -0.2) is 33.8 Å². The summed E-state index contributed by atoms with van der Waals surface area (Å²) in [7, 11) is 0. The molecule has 10 heteroatoms. The normalized spacial score (nSPS) is 12.0. The van der Waals surface area contributed by atoms with E-state index in [4.69, 9.17) is 25.4 Å². The first-order valence-corrected chi connectivity index (χ1v) is 13.4. The van der Waals surface area contributed by atoms with Crippen LogP contribution in [0.3, 0.4) is 0 Å². The number of nitrogens with zero attached hydrogens (tertiary/aromatic N) is 2. The number of nitrogens with two attached hydrogens (primary N) is 2. The van der Waals surface area contributed by atoms with E-state index in [1.54, 1.807) is 12.4 Å². The van der Waals surface area contributed by atoms with Crippen LogP contribution in [0.25, 0.3) is 22.6 Å². The average molecular weight is 587 g/mol. The molecular formula is C32H35ClN6O3. The Morgan fingerprint density at radius 3 is 1.45 bits per heavy atom. The summed E-state index contributed by atoms with van der Waals surface area (Å²) in [6.07, 6.45) is 3.50. The van der Waals surface area contributed by atoms with Crippen LogP contribution in [0, 0.1) is 0 Å². The highest BCUT2D eigenvalue weighted by atomic mass is 35.5. The summed E-state index contributed by atoms with van der Waals surface area (Å²) in [6.45, 7) is 7.90. The summed E-state index contributed by atoms with van der Waals surface area (Å²) >= 11 is 0. The summed E-state index contributed by atoms with van der Waals surface area (Å²) in [5.74, 6) is 3.36. The number of amidine groups is 2. The smallest absolute Gasteiger partial charge is 0.147 e. The molecule has 42 heavy (non-hydrogen) atoms. The Kier molecular flexibility index (Phi) is 9.44. The van der Waals surface area contributed by atoms with Crippen LogP contribution >= 0.6 is 12.4 Å². The zero-order chi connectivity index (χ0) is 28.9. The van der Waals surface area contributed by atoms with E-state index in [0.29, 0.717) is 46.1 Å². The molecule has 0 bridgehead atoms. The lowest BCUT2D eigenvalue weighted by atomic mass is 10.1. The van der Waals surface area contributed by atoms with Crippen LogP contribution in [0.15, 0.2) is 99.6 Å². The second-order valence-electron chi connectivity index (χ2n) is 10.0. The van der Waals surface area contributed by atoms with E-state index in [2.05, 4.69) is 20.0 Å². The number of aromatic nitrogens is 2. The molecule has 0 aliphatic carbocycles. The van der Waals surface area contributed by atoms with Crippen molar-refractivity contribution in [3.63, 3.8) is 0 Å². The third-order valence-electron chi connectivity index (χ3n) is 6.04. The van der Waals surface area contributed by atoms with Crippen LogP contribution in [0.1, 0.15) is 39.1 Å². The fraction of sp³-hybridized carbons (Fsp3) is 0.188. The van der Waals surface area contributed by atoms with Gasteiger partial charge in [0.25, 0.3) is 0 Å². The number of aliphatic imine (C=N–C) groups is 2. The number of benzene rings is 2. The number of furan rings is 1. The molecule has 3 aromatic heterocycles. The van der Waals surface area contributed by atoms with Gasteiger partial charge in [-0.15, -0.1) is 12.4 Å². The highest BCUT2D eigenvalue weighted by molar-refractivity contribution is 5.98. The van der Waals surface area contributed by atoms with Gasteiger partial charge in [-0.1, -0.05) is 0 Å². The van der Waals surface area contributed by atoms with Gasteiger partial charge in [-0.2, -0.15) is 0 Å². The quantitative estimate of drug-likeness (QED) is 0.100. The van der Waals surface area contributed by atoms with Crippen LogP contribution in [0.5, 0.6) is 11.5 Å². The second-order valence-corrected chi connectivity index (χ2v) is 10.0. The van der Waals surface area contributed by atoms with Crippen molar-refractivity contribution in [1.82, 2.24) is 9.97 Å². The zero-order valence-electron chi connectivity index (χ0n) is 23.9. The van der Waals surface area contributed by atoms with E-state index in [-0.39, 0.29) is 24.6 Å². The van der Waals surface area contributed by atoms with E-state index < -0.39 is 0 Å². The third-order valence-corrected chi connectivity index (χ3v) is 6.04. The molecule has 5 aromatic rings. The molecule has 0 fully saturated rings. The molecular weight excluding hydrogens is 552 g/mol. The fourth-order valence-corrected chi connectivity index (χ4v) is 4.28. The van der Waals surface area contributed by atoms with Gasteiger partial charge in [-0.3, -0.25) is 0 Å². The van der Waals surface area contributed by atoms with Gasteiger partial charge in [0.15, 0.2) is 0 Å². The van der Waals surface area contributed by atoms with Crippen LogP contribution < -0.4 is 20.9 Å². The Hall–Kier alpha value is -4.89. The van der Waals surface area contributed by atoms with Crippen molar-refractivity contribution in [2.45, 2.75) is 39.9 Å². The molecule has 0 spiro atoms. The van der Waals surface area contributed by atoms with Crippen molar-refractivity contribution in [3.8, 4) is 34.1 Å². The van der Waals surface area contributed by atoms with Gasteiger partial charge in [0.2, 0.25) is 0 Å². The van der Waals surface area contributed by atoms with Crippen molar-refractivity contribution >= 4 is 35.5 Å². The number of hydrogen-bond donors (Lipinski definition) is 4. The monoisotopic (exact) mass is 586 g/mol. The first kappa shape index (κ1) is 30.1. The molecule has 0 atom stereocenters. The topological polar surface area (TPSA) is 140 Å². The molecule has 0 aliphatic heterocycles. The van der Waals surface area contributed by atoms with Gasteiger partial charge < -0.3 is 35.3 Å². The number of rotatable bonds is 10. The van der Waals surface area contributed by atoms with Crippen LogP contribution in [0.2, 0.25) is 0 Å². The molecule has 0 saturated carbocycles. The SMILES string of the molecule is CC(C)Oc1cc(N=C(N)c2ccc[nH]2)ccc1-c1ccc(-c2ccc(N=C(N)c3ccc[nH]3)cc2OC(C)C)o1.Cl. The number of aromatic amines is 2. The van der Waals surface area contributed by atoms with E-state index in [1.807, 2.05) is 100 Å². The summed E-state index contributed by atoms with van der Waals surface area (Å²) in [4.78, 5) is 15.2. The van der Waals surface area contributed by atoms with Crippen molar-refractivity contribution in [2.24, 2.45) is 21.5 Å². The van der Waals surface area contributed by atoms with Gasteiger partial charge in [0.05, 0.1) is 46.1 Å². The predicted molar refractivity (Wildman–Crippen MR) is 171 cm³/mol. The Morgan fingerprint density at radius 2 is 1.10 bits per heavy atom. The van der Waals surface area contributed by atoms with Crippen molar-refractivity contribution in [3.05, 3.63) is 96.6 Å². The van der Waals surface area contributed by atoms with Gasteiger partial charge in [0, 0.05) is 24.5 Å². The lowest BCUT2D eigenvalue weighted by molar-refractivity contribution is 0.243. The molecule has 6 N–H and O–H groups in total. The highest BCUT2D eigenvalue weighted by Gasteiger charge is 2.17. The summed E-state index contributed by atoms with van der Waals surface area (Å²) < 4.78 is 18.7. The van der Waals surface area contributed by atoms with Gasteiger partial charge in [-0.05, 0) is 88.4 Å². The number of H-pyrrole nitrogens is 2. The molecule has 0 amide bonds. The molecule has 3 heterocycles. The minimum Gasteiger partial charge on any atom is -0.490 e. The van der Waals surface area contributed by atoms with Crippen molar-refractivity contribution < 1.29 is 13.9 Å².